The number of benzene rings is 1. The van der Waals surface area contributed by atoms with Gasteiger partial charge in [-0.1, -0.05) is 18.2 Å². The number of anilines is 2. The van der Waals surface area contributed by atoms with Gasteiger partial charge in [-0.15, -0.1) is 0 Å². The summed E-state index contributed by atoms with van der Waals surface area (Å²) in [6, 6.07) is 6.67. The molecule has 4 heterocycles. The van der Waals surface area contributed by atoms with Gasteiger partial charge in [0.15, 0.2) is 5.65 Å². The Morgan fingerprint density at radius 2 is 1.90 bits per heavy atom. The molecule has 10 heteroatoms. The van der Waals surface area contributed by atoms with Crippen molar-refractivity contribution >= 4 is 22.7 Å². The van der Waals surface area contributed by atoms with Gasteiger partial charge in [0.25, 0.3) is 0 Å². The zero-order valence-electron chi connectivity index (χ0n) is 17.0. The van der Waals surface area contributed by atoms with Gasteiger partial charge < -0.3 is 10.1 Å². The highest BCUT2D eigenvalue weighted by Gasteiger charge is 2.12. The van der Waals surface area contributed by atoms with Crippen molar-refractivity contribution in [2.45, 2.75) is 13.1 Å². The van der Waals surface area contributed by atoms with Crippen LogP contribution in [0.2, 0.25) is 0 Å². The predicted octanol–water partition coefficient (Wildman–Crippen LogP) is 2.29. The molecule has 1 N–H and O–H groups in total. The molecule has 0 radical (unpaired) electrons. The smallest absolute Gasteiger partial charge is 0.229 e. The van der Waals surface area contributed by atoms with E-state index in [2.05, 4.69) is 30.4 Å². The zero-order chi connectivity index (χ0) is 21.0. The summed E-state index contributed by atoms with van der Waals surface area (Å²) in [4.78, 5) is 11.3. The fourth-order valence-electron chi connectivity index (χ4n) is 3.58. The lowest BCUT2D eigenvalue weighted by Gasteiger charge is -2.26. The Balaban J connectivity index is 1.27. The number of hydrogen-bond acceptors (Lipinski definition) is 7. The van der Waals surface area contributed by atoms with Crippen molar-refractivity contribution in [3.63, 3.8) is 0 Å². The zero-order valence-corrected chi connectivity index (χ0v) is 17.0. The summed E-state index contributed by atoms with van der Waals surface area (Å²) in [7, 11) is 0. The summed E-state index contributed by atoms with van der Waals surface area (Å²) in [5.41, 5.74) is 2.00. The largest absolute Gasteiger partial charge is 0.379 e. The first-order valence-corrected chi connectivity index (χ1v) is 10.3. The Morgan fingerprint density at radius 3 is 2.77 bits per heavy atom. The van der Waals surface area contributed by atoms with Gasteiger partial charge in [-0.2, -0.15) is 15.2 Å². The van der Waals surface area contributed by atoms with Crippen molar-refractivity contribution in [3.05, 3.63) is 60.4 Å². The van der Waals surface area contributed by atoms with Crippen LogP contribution in [0.15, 0.2) is 49.1 Å². The number of aromatic nitrogens is 6. The number of nitrogens with zero attached hydrogens (tertiary/aromatic N) is 7. The number of halogens is 1. The van der Waals surface area contributed by atoms with E-state index in [1.54, 1.807) is 35.4 Å². The molecule has 0 bridgehead atoms. The van der Waals surface area contributed by atoms with Crippen molar-refractivity contribution < 1.29 is 9.13 Å². The molecule has 3 aromatic heterocycles. The quantitative estimate of drug-likeness (QED) is 0.489. The van der Waals surface area contributed by atoms with Gasteiger partial charge in [0.2, 0.25) is 5.95 Å². The molecule has 1 saturated heterocycles. The third kappa shape index (κ3) is 4.54. The molecule has 1 aromatic carbocycles. The second-order valence-electron chi connectivity index (χ2n) is 7.44. The van der Waals surface area contributed by atoms with Crippen LogP contribution in [0.4, 0.5) is 16.0 Å². The molecule has 0 aliphatic carbocycles. The van der Waals surface area contributed by atoms with Crippen LogP contribution in [-0.4, -0.2) is 67.3 Å². The van der Waals surface area contributed by atoms with E-state index in [1.807, 2.05) is 16.9 Å². The summed E-state index contributed by atoms with van der Waals surface area (Å²) >= 11 is 0. The Kier molecular flexibility index (Phi) is 5.55. The van der Waals surface area contributed by atoms with Crippen molar-refractivity contribution in [1.82, 2.24) is 34.4 Å². The van der Waals surface area contributed by atoms with E-state index in [0.717, 1.165) is 50.5 Å². The first-order valence-electron chi connectivity index (χ1n) is 10.3. The number of ether oxygens (including phenoxy) is 1. The van der Waals surface area contributed by atoms with Crippen molar-refractivity contribution in [2.24, 2.45) is 0 Å². The van der Waals surface area contributed by atoms with E-state index in [9.17, 15) is 4.39 Å². The Hall–Kier alpha value is -3.37. The molecule has 0 atom stereocenters. The van der Waals surface area contributed by atoms with Crippen LogP contribution in [0.25, 0.3) is 11.0 Å². The van der Waals surface area contributed by atoms with E-state index in [0.29, 0.717) is 23.7 Å². The van der Waals surface area contributed by atoms with Gasteiger partial charge in [-0.05, 0) is 6.07 Å². The summed E-state index contributed by atoms with van der Waals surface area (Å²) in [6.07, 6.45) is 7.08. The lowest BCUT2D eigenvalue weighted by Crippen LogP contribution is -2.38. The summed E-state index contributed by atoms with van der Waals surface area (Å²) in [6.45, 7) is 5.53. The second kappa shape index (κ2) is 8.78. The number of fused-ring (bicyclic) bond motifs is 1. The summed E-state index contributed by atoms with van der Waals surface area (Å²) < 4.78 is 23.0. The maximum absolute atomic E-state index is 14.0. The van der Waals surface area contributed by atoms with Crippen LogP contribution < -0.4 is 5.32 Å². The SMILES string of the molecule is Fc1ccccc1Cn1ncc2cnc(Nc3cnn(CCN4CCOCC4)c3)nc21. The van der Waals surface area contributed by atoms with Gasteiger partial charge in [-0.25, -0.2) is 14.1 Å². The predicted molar refractivity (Wildman–Crippen MR) is 114 cm³/mol. The Labute approximate surface area is 178 Å². The molecular weight excluding hydrogens is 399 g/mol. The molecular formula is C21H23FN8O. The fourth-order valence-corrected chi connectivity index (χ4v) is 3.58. The van der Waals surface area contributed by atoms with E-state index in [-0.39, 0.29) is 5.82 Å². The highest BCUT2D eigenvalue weighted by atomic mass is 19.1. The van der Waals surface area contributed by atoms with E-state index < -0.39 is 0 Å². The van der Waals surface area contributed by atoms with Gasteiger partial charge in [-0.3, -0.25) is 9.58 Å². The monoisotopic (exact) mass is 422 g/mol. The van der Waals surface area contributed by atoms with E-state index in [4.69, 9.17) is 4.74 Å². The van der Waals surface area contributed by atoms with Crippen LogP contribution in [0, 0.1) is 5.82 Å². The standard InChI is InChI=1S/C21H23FN8O/c22-19-4-2-1-3-16(19)14-30-20-17(12-25-30)11-23-21(27-20)26-18-13-24-29(15-18)6-5-28-7-9-31-10-8-28/h1-4,11-13,15H,5-10,14H2,(H,23,26,27). The first kappa shape index (κ1) is 19.6. The molecule has 0 unspecified atom stereocenters. The van der Waals surface area contributed by atoms with Crippen LogP contribution in [0.3, 0.4) is 0 Å². The lowest BCUT2D eigenvalue weighted by atomic mass is 10.2. The molecule has 31 heavy (non-hydrogen) atoms. The maximum Gasteiger partial charge on any atom is 0.229 e. The van der Waals surface area contributed by atoms with Gasteiger partial charge in [0.1, 0.15) is 5.82 Å². The van der Waals surface area contributed by atoms with Gasteiger partial charge in [0, 0.05) is 37.6 Å². The second-order valence-corrected chi connectivity index (χ2v) is 7.44. The van der Waals surface area contributed by atoms with Crippen LogP contribution in [-0.2, 0) is 17.8 Å². The molecule has 0 saturated carbocycles. The number of rotatable bonds is 7. The topological polar surface area (TPSA) is 85.9 Å². The molecule has 1 fully saturated rings. The highest BCUT2D eigenvalue weighted by Crippen LogP contribution is 2.18. The minimum atomic E-state index is -0.261. The molecule has 160 valence electrons. The molecule has 1 aliphatic heterocycles. The average Bonchev–Trinajstić information content (AvgIpc) is 3.41. The number of morpholine rings is 1. The number of hydrogen-bond donors (Lipinski definition) is 1. The third-order valence-corrected chi connectivity index (χ3v) is 5.29. The van der Waals surface area contributed by atoms with E-state index in [1.165, 1.54) is 6.07 Å². The minimum Gasteiger partial charge on any atom is -0.379 e. The molecule has 5 rings (SSSR count). The molecule has 9 nitrogen and oxygen atoms in total. The minimum absolute atomic E-state index is 0.261. The molecule has 1 aliphatic rings. The van der Waals surface area contributed by atoms with Crippen molar-refractivity contribution in [1.29, 1.82) is 0 Å². The lowest BCUT2D eigenvalue weighted by molar-refractivity contribution is 0.0360. The normalized spacial score (nSPS) is 14.9. The average molecular weight is 422 g/mol. The van der Waals surface area contributed by atoms with Crippen LogP contribution >= 0.6 is 0 Å². The molecule has 4 aromatic rings. The van der Waals surface area contributed by atoms with Crippen LogP contribution in [0.1, 0.15) is 5.56 Å². The molecule has 0 amide bonds. The van der Waals surface area contributed by atoms with Crippen LogP contribution in [0.5, 0.6) is 0 Å². The van der Waals surface area contributed by atoms with Gasteiger partial charge >= 0.3 is 0 Å². The first-order chi connectivity index (χ1) is 15.2. The molecule has 0 spiro atoms. The third-order valence-electron chi connectivity index (χ3n) is 5.29. The highest BCUT2D eigenvalue weighted by molar-refractivity contribution is 5.75. The van der Waals surface area contributed by atoms with Crippen molar-refractivity contribution in [2.75, 3.05) is 38.2 Å². The van der Waals surface area contributed by atoms with Gasteiger partial charge in [0.05, 0.1) is 49.8 Å². The maximum atomic E-state index is 14.0. The Morgan fingerprint density at radius 1 is 1.03 bits per heavy atom. The van der Waals surface area contributed by atoms with E-state index >= 15 is 0 Å². The van der Waals surface area contributed by atoms with Crippen molar-refractivity contribution in [3.8, 4) is 0 Å². The Bertz CT molecular complexity index is 1170. The summed E-state index contributed by atoms with van der Waals surface area (Å²) in [5, 5.41) is 12.7. The number of nitrogens with one attached hydrogen (secondary N) is 1. The fraction of sp³-hybridized carbons (Fsp3) is 0.333. The summed E-state index contributed by atoms with van der Waals surface area (Å²) in [5.74, 6) is 0.179.